The fraction of sp³-hybridized carbons (Fsp3) is 0.333. The summed E-state index contributed by atoms with van der Waals surface area (Å²) < 4.78 is 11.4. The number of likely N-dealkylation sites (tertiary alicyclic amines) is 1. The van der Waals surface area contributed by atoms with Crippen LogP contribution in [0.2, 0.25) is 0 Å². The van der Waals surface area contributed by atoms with Crippen molar-refractivity contribution in [1.29, 1.82) is 0 Å². The molecular formula is C30H31N5O5S. The van der Waals surface area contributed by atoms with Crippen LogP contribution >= 0.6 is 11.3 Å². The van der Waals surface area contributed by atoms with E-state index in [4.69, 9.17) is 9.47 Å². The monoisotopic (exact) mass is 573 g/mol. The van der Waals surface area contributed by atoms with Crippen LogP contribution in [0.1, 0.15) is 71.5 Å². The second-order valence-corrected chi connectivity index (χ2v) is 11.8. The zero-order chi connectivity index (χ0) is 29.2. The number of rotatable bonds is 7. The molecule has 1 aromatic carbocycles. The van der Waals surface area contributed by atoms with Crippen molar-refractivity contribution >= 4 is 23.4 Å². The topological polar surface area (TPSA) is 128 Å². The van der Waals surface area contributed by atoms with E-state index >= 15 is 0 Å². The Morgan fingerprint density at radius 1 is 1.10 bits per heavy atom. The quantitative estimate of drug-likeness (QED) is 0.279. The van der Waals surface area contributed by atoms with Crippen LogP contribution in [0.4, 0.5) is 4.79 Å². The first-order chi connectivity index (χ1) is 19.6. The van der Waals surface area contributed by atoms with Gasteiger partial charge in [-0.15, -0.1) is 11.3 Å². The molecule has 212 valence electrons. The van der Waals surface area contributed by atoms with Crippen molar-refractivity contribution in [3.8, 4) is 5.75 Å². The molecule has 0 unspecified atom stereocenters. The molecule has 1 fully saturated rings. The van der Waals surface area contributed by atoms with Crippen LogP contribution in [0.3, 0.4) is 0 Å². The van der Waals surface area contributed by atoms with Gasteiger partial charge in [0, 0.05) is 66.4 Å². The number of aromatic nitrogens is 4. The second-order valence-electron chi connectivity index (χ2n) is 10.9. The maximum Gasteiger partial charge on any atom is 0.507 e. The summed E-state index contributed by atoms with van der Waals surface area (Å²) in [6.45, 7) is 6.19. The zero-order valence-electron chi connectivity index (χ0n) is 23.2. The molecule has 0 aliphatic carbocycles. The van der Waals surface area contributed by atoms with E-state index < -0.39 is 29.7 Å². The largest absolute Gasteiger partial charge is 0.507 e. The number of amides is 1. The number of nitrogens with zero attached hydrogens (tertiary/aromatic N) is 5. The Morgan fingerprint density at radius 2 is 1.93 bits per heavy atom. The van der Waals surface area contributed by atoms with Gasteiger partial charge in [-0.1, -0.05) is 32.9 Å². The Bertz CT molecular complexity index is 1510. The molecule has 41 heavy (non-hydrogen) atoms. The molecule has 5 rings (SSSR count). The maximum absolute atomic E-state index is 14.7. The first-order valence-corrected chi connectivity index (χ1v) is 14.0. The highest BCUT2D eigenvalue weighted by Crippen LogP contribution is 2.54. The minimum atomic E-state index is -1.62. The molecule has 1 aliphatic heterocycles. The summed E-state index contributed by atoms with van der Waals surface area (Å²) in [5.41, 5.74) is 0.596. The van der Waals surface area contributed by atoms with E-state index in [2.05, 4.69) is 40.7 Å². The van der Waals surface area contributed by atoms with E-state index in [0.717, 1.165) is 5.56 Å². The van der Waals surface area contributed by atoms with E-state index in [0.29, 0.717) is 27.7 Å². The summed E-state index contributed by atoms with van der Waals surface area (Å²) in [6, 6.07) is 10.00. The summed E-state index contributed by atoms with van der Waals surface area (Å²) in [4.78, 5) is 46.3. The molecule has 1 N–H and O–H groups in total. The van der Waals surface area contributed by atoms with E-state index in [1.165, 1.54) is 16.2 Å². The molecule has 4 heterocycles. The average Bonchev–Trinajstić information content (AvgIpc) is 3.59. The lowest BCUT2D eigenvalue weighted by molar-refractivity contribution is -0.0972. The first-order valence-electron chi connectivity index (χ1n) is 13.1. The van der Waals surface area contributed by atoms with Crippen molar-refractivity contribution in [2.45, 2.75) is 56.7 Å². The highest BCUT2D eigenvalue weighted by atomic mass is 32.1. The number of benzene rings is 1. The molecule has 0 spiro atoms. The highest BCUT2D eigenvalue weighted by Gasteiger charge is 2.59. The van der Waals surface area contributed by atoms with Gasteiger partial charge in [-0.25, -0.2) is 9.78 Å². The van der Waals surface area contributed by atoms with Gasteiger partial charge in [0.15, 0.2) is 5.72 Å². The lowest BCUT2D eigenvalue weighted by Gasteiger charge is -2.39. The van der Waals surface area contributed by atoms with Crippen LogP contribution in [0.15, 0.2) is 72.8 Å². The van der Waals surface area contributed by atoms with Crippen LogP contribution in [-0.4, -0.2) is 54.8 Å². The molecule has 11 heteroatoms. The Morgan fingerprint density at radius 3 is 2.54 bits per heavy atom. The van der Waals surface area contributed by atoms with E-state index in [-0.39, 0.29) is 18.3 Å². The smallest absolute Gasteiger partial charge is 0.496 e. The summed E-state index contributed by atoms with van der Waals surface area (Å²) >= 11 is 1.38. The average molecular weight is 574 g/mol. The number of pyridine rings is 1. The molecule has 3 atom stereocenters. The van der Waals surface area contributed by atoms with Gasteiger partial charge in [-0.2, -0.15) is 0 Å². The van der Waals surface area contributed by atoms with E-state index in [9.17, 15) is 14.7 Å². The predicted molar refractivity (Wildman–Crippen MR) is 152 cm³/mol. The van der Waals surface area contributed by atoms with Crippen molar-refractivity contribution in [2.24, 2.45) is 0 Å². The number of ether oxygens (including phenoxy) is 2. The third-order valence-electron chi connectivity index (χ3n) is 7.24. The van der Waals surface area contributed by atoms with Crippen LogP contribution < -0.4 is 4.74 Å². The van der Waals surface area contributed by atoms with Gasteiger partial charge >= 0.3 is 6.16 Å². The van der Waals surface area contributed by atoms with Crippen molar-refractivity contribution < 1.29 is 24.2 Å². The van der Waals surface area contributed by atoms with Gasteiger partial charge in [0.05, 0.1) is 18.8 Å². The van der Waals surface area contributed by atoms with Crippen molar-refractivity contribution in [3.05, 3.63) is 100 Å². The Hall–Kier alpha value is -4.38. The molecule has 1 amide bonds. The van der Waals surface area contributed by atoms with Gasteiger partial charge < -0.3 is 14.6 Å². The van der Waals surface area contributed by atoms with Crippen molar-refractivity contribution in [1.82, 2.24) is 24.8 Å². The molecule has 0 radical (unpaired) electrons. The first kappa shape index (κ1) is 28.2. The lowest BCUT2D eigenvalue weighted by Crippen LogP contribution is -2.52. The molecule has 0 bridgehead atoms. The fourth-order valence-electron chi connectivity index (χ4n) is 5.55. The number of hydrogen-bond donors (Lipinski definition) is 1. The Balaban J connectivity index is 1.72. The van der Waals surface area contributed by atoms with E-state index in [1.54, 1.807) is 62.4 Å². The highest BCUT2D eigenvalue weighted by molar-refractivity contribution is 7.09. The Labute approximate surface area is 242 Å². The Kier molecular flexibility index (Phi) is 7.72. The number of carbonyl (C=O) groups is 2. The number of carbonyl (C=O) groups excluding carboxylic acids is 1. The summed E-state index contributed by atoms with van der Waals surface area (Å²) in [5, 5.41) is 12.5. The van der Waals surface area contributed by atoms with E-state index in [1.807, 2.05) is 17.5 Å². The van der Waals surface area contributed by atoms with Crippen LogP contribution in [0, 0.1) is 0 Å². The van der Waals surface area contributed by atoms with Crippen LogP contribution in [-0.2, 0) is 16.6 Å². The van der Waals surface area contributed by atoms with Gasteiger partial charge in [0.25, 0.3) is 5.91 Å². The second kappa shape index (κ2) is 11.2. The molecule has 0 saturated carbocycles. The third kappa shape index (κ3) is 5.62. The van der Waals surface area contributed by atoms with Gasteiger partial charge in [0.1, 0.15) is 10.8 Å². The number of methoxy groups -OCH3 is 1. The third-order valence-corrected chi connectivity index (χ3v) is 8.09. The fourth-order valence-corrected chi connectivity index (χ4v) is 6.34. The molecule has 1 saturated heterocycles. The number of thiazole rings is 1. The van der Waals surface area contributed by atoms with Gasteiger partial charge in [-0.3, -0.25) is 24.6 Å². The molecular weight excluding hydrogens is 542 g/mol. The SMILES string of the molecule is COc1cc(C(=O)N2[C@@H](c3nccs3)[C@@H](c3cnccn3)C[C@@]2(Cc2ccccn2)OC(=O)O)ccc1C(C)(C)C. The van der Waals surface area contributed by atoms with Gasteiger partial charge in [0.2, 0.25) is 0 Å². The molecule has 1 aliphatic rings. The summed E-state index contributed by atoms with van der Waals surface area (Å²) in [5.74, 6) is -0.321. The normalized spacial score (nSPS) is 20.5. The molecule has 3 aromatic heterocycles. The standard InChI is InChI=1S/C30H31N5O5S/c1-29(2,3)22-9-8-19(15-24(22)39-4)27(36)35-25(26-34-13-14-41-26)21(23-18-31-11-12-33-23)17-30(35,40-28(37)38)16-20-7-5-6-10-32-20/h5-15,18,21,25H,16-17H2,1-4H3,(H,37,38)/t21-,25-,30-/m1/s1. The molecule has 10 nitrogen and oxygen atoms in total. The van der Waals surface area contributed by atoms with Crippen molar-refractivity contribution in [2.75, 3.05) is 7.11 Å². The summed E-state index contributed by atoms with van der Waals surface area (Å²) in [6.07, 6.45) is 6.71. The van der Waals surface area contributed by atoms with Gasteiger partial charge in [-0.05, 0) is 35.2 Å². The van der Waals surface area contributed by atoms with Crippen LogP contribution in [0.25, 0.3) is 0 Å². The number of carboxylic acid groups (broad SMARTS) is 1. The van der Waals surface area contributed by atoms with Crippen molar-refractivity contribution in [3.63, 3.8) is 0 Å². The number of hydrogen-bond acceptors (Lipinski definition) is 9. The zero-order valence-corrected chi connectivity index (χ0v) is 24.0. The lowest BCUT2D eigenvalue weighted by atomic mass is 9.85. The maximum atomic E-state index is 14.7. The molecule has 4 aromatic rings. The predicted octanol–water partition coefficient (Wildman–Crippen LogP) is 5.64. The summed E-state index contributed by atoms with van der Waals surface area (Å²) in [7, 11) is 1.57. The van der Waals surface area contributed by atoms with Crippen LogP contribution in [0.5, 0.6) is 5.75 Å². The minimum Gasteiger partial charge on any atom is -0.496 e. The minimum absolute atomic E-state index is 0.0295.